The Balaban J connectivity index is 1.28. The average molecular weight is 967 g/mol. The van der Waals surface area contributed by atoms with Gasteiger partial charge in [0.1, 0.15) is 5.60 Å². The molecule has 384 valence electrons. The smallest absolute Gasteiger partial charge is 0.207 e. The summed E-state index contributed by atoms with van der Waals surface area (Å²) in [7, 11) is 5.16. The molecule has 8 rings (SSSR count). The first-order chi connectivity index (χ1) is 34.0. The molecule has 0 aromatic heterocycles. The molecule has 12 unspecified atom stereocenters. The second-order valence-corrected chi connectivity index (χ2v) is 21.9. The van der Waals surface area contributed by atoms with Crippen molar-refractivity contribution < 1.29 is 44.5 Å². The Morgan fingerprint density at radius 2 is 1.80 bits per heavy atom. The monoisotopic (exact) mass is 967 g/mol. The number of fused-ring (bicyclic) bond motifs is 5. The van der Waals surface area contributed by atoms with Crippen LogP contribution in [0.5, 0.6) is 23.0 Å². The molecule has 5 fully saturated rings. The third-order valence-electron chi connectivity index (χ3n) is 18.2. The van der Waals surface area contributed by atoms with E-state index in [9.17, 15) is 25.5 Å². The summed E-state index contributed by atoms with van der Waals surface area (Å²) < 4.78 is 18.5. The predicted molar refractivity (Wildman–Crippen MR) is 273 cm³/mol. The molecule has 70 heavy (non-hydrogen) atoms. The van der Waals surface area contributed by atoms with Crippen molar-refractivity contribution in [3.05, 3.63) is 53.6 Å². The van der Waals surface area contributed by atoms with E-state index in [1.165, 1.54) is 6.42 Å². The molecular formula is C57H82N4O9. The molecule has 1 heterocycles. The van der Waals surface area contributed by atoms with Gasteiger partial charge in [-0.3, -0.25) is 15.1 Å². The molecule has 13 nitrogen and oxygen atoms in total. The van der Waals surface area contributed by atoms with Gasteiger partial charge in [0.25, 0.3) is 0 Å². The van der Waals surface area contributed by atoms with E-state index in [0.717, 1.165) is 88.2 Å². The van der Waals surface area contributed by atoms with Gasteiger partial charge >= 0.3 is 0 Å². The number of aliphatic hydroxyl groups excluding tert-OH is 3. The number of anilines is 1. The summed E-state index contributed by atoms with van der Waals surface area (Å²) in [6.45, 7) is 3.29. The zero-order valence-corrected chi connectivity index (χ0v) is 42.3. The van der Waals surface area contributed by atoms with Crippen LogP contribution in [-0.4, -0.2) is 96.7 Å². The number of benzene rings is 2. The van der Waals surface area contributed by atoms with Crippen molar-refractivity contribution in [3.63, 3.8) is 0 Å². The molecular weight excluding hydrogens is 885 g/mol. The lowest BCUT2D eigenvalue weighted by Crippen LogP contribution is -2.55. The Hall–Kier alpha value is -4.32. The molecule has 0 saturated heterocycles. The van der Waals surface area contributed by atoms with Crippen LogP contribution in [0.15, 0.2) is 47.5 Å². The molecule has 5 aliphatic carbocycles. The molecule has 6 aliphatic rings. The summed E-state index contributed by atoms with van der Waals surface area (Å²) in [5.74, 6) is 6.84. The number of likely N-dealkylation sites (N-methyl/N-ethyl adjacent to an activating group) is 1. The van der Waals surface area contributed by atoms with Crippen molar-refractivity contribution in [3.8, 4) is 35.0 Å². The number of nitrogens with one attached hydrogen (secondary N) is 3. The Bertz CT molecular complexity index is 2240. The first-order valence-corrected chi connectivity index (χ1v) is 26.8. The Kier molecular flexibility index (Phi) is 17.1. The van der Waals surface area contributed by atoms with E-state index in [2.05, 4.69) is 58.0 Å². The van der Waals surface area contributed by atoms with Gasteiger partial charge in [0.2, 0.25) is 5.96 Å². The fourth-order valence-electron chi connectivity index (χ4n) is 15.1. The number of hydrogen-bond acceptors (Lipinski definition) is 11. The van der Waals surface area contributed by atoms with Crippen molar-refractivity contribution in [1.29, 1.82) is 0 Å². The van der Waals surface area contributed by atoms with Crippen LogP contribution in [0, 0.1) is 64.7 Å². The number of nitrogens with zero attached hydrogens (tertiary/aromatic N) is 1. The molecule has 0 amide bonds. The molecule has 1 aliphatic heterocycles. The number of aromatic hydroxyl groups is 2. The fraction of sp³-hybridized carbons (Fsp3) is 0.684. The topological polar surface area (TPSA) is 194 Å². The molecule has 2 aromatic rings. The number of rotatable bonds is 17. The van der Waals surface area contributed by atoms with Crippen molar-refractivity contribution in [2.45, 2.75) is 146 Å². The highest BCUT2D eigenvalue weighted by Gasteiger charge is 2.61. The summed E-state index contributed by atoms with van der Waals surface area (Å²) in [5, 5.41) is 63.6. The van der Waals surface area contributed by atoms with Crippen LogP contribution < -0.4 is 25.4 Å². The van der Waals surface area contributed by atoms with Crippen LogP contribution in [0.25, 0.3) is 0 Å². The van der Waals surface area contributed by atoms with Crippen LogP contribution in [-0.2, 0) is 21.4 Å². The van der Waals surface area contributed by atoms with Gasteiger partial charge in [0.05, 0.1) is 19.4 Å². The number of hydrogen-bond donors (Lipinski definition) is 8. The van der Waals surface area contributed by atoms with E-state index in [1.807, 2.05) is 25.3 Å². The van der Waals surface area contributed by atoms with Crippen molar-refractivity contribution in [1.82, 2.24) is 10.6 Å². The Labute approximate surface area is 416 Å². The van der Waals surface area contributed by atoms with Gasteiger partial charge in [-0.15, -0.1) is 0 Å². The average Bonchev–Trinajstić information content (AvgIpc) is 4.10. The van der Waals surface area contributed by atoms with Crippen molar-refractivity contribution in [2.24, 2.45) is 57.8 Å². The van der Waals surface area contributed by atoms with Crippen LogP contribution in [0.3, 0.4) is 0 Å². The molecule has 13 heteroatoms. The maximum atomic E-state index is 15.6. The van der Waals surface area contributed by atoms with Gasteiger partial charge in [-0.05, 0) is 179 Å². The van der Waals surface area contributed by atoms with Gasteiger partial charge in [-0.2, -0.15) is 0 Å². The fourth-order valence-corrected chi connectivity index (χ4v) is 15.1. The molecule has 1 spiro atoms. The summed E-state index contributed by atoms with van der Waals surface area (Å²) in [5.41, 5.74) is 0.681. The minimum atomic E-state index is -0.945. The van der Waals surface area contributed by atoms with Crippen LogP contribution in [0.2, 0.25) is 0 Å². The molecule has 12 atom stereocenters. The number of carbonyl (C=O) groups is 1. The number of carbonyl (C=O) groups excluding carboxylic acids is 1. The third kappa shape index (κ3) is 10.6. The van der Waals surface area contributed by atoms with Crippen LogP contribution in [0.1, 0.15) is 134 Å². The number of phenolic OH excluding ortho intramolecular Hbond substituents is 2. The number of ketones is 1. The number of guanidine groups is 1. The van der Waals surface area contributed by atoms with Gasteiger partial charge in [-0.25, -0.2) is 0 Å². The SMILES string of the molecule is CCC1CCC2C(C1)C1C=CC(=O)C3(Cc4ccc(O)c(OC)c4)CCCC3CC#CNC(=NC)Nc3cc(cc(OC4(CNC)CCC(CC(O)OCCCO)C4)c3O)C13CCCC3C2CCCO. The van der Waals surface area contributed by atoms with Gasteiger partial charge < -0.3 is 50.4 Å². The van der Waals surface area contributed by atoms with Crippen LogP contribution >= 0.6 is 0 Å². The largest absolute Gasteiger partial charge is 0.504 e. The maximum Gasteiger partial charge on any atom is 0.207 e. The molecule has 2 aromatic carbocycles. The van der Waals surface area contributed by atoms with E-state index < -0.39 is 22.7 Å². The normalized spacial score (nSPS) is 33.8. The molecule has 2 bridgehead atoms. The Morgan fingerprint density at radius 1 is 0.971 bits per heavy atom. The predicted octanol–water partition coefficient (Wildman–Crippen LogP) is 8.36. The first kappa shape index (κ1) is 52.0. The van der Waals surface area contributed by atoms with Crippen LogP contribution in [0.4, 0.5) is 5.69 Å². The number of methoxy groups -OCH3 is 1. The minimum absolute atomic E-state index is 0.00424. The minimum Gasteiger partial charge on any atom is -0.504 e. The zero-order valence-electron chi connectivity index (χ0n) is 42.3. The maximum absolute atomic E-state index is 15.6. The highest BCUT2D eigenvalue weighted by molar-refractivity contribution is 5.97. The zero-order chi connectivity index (χ0) is 49.5. The summed E-state index contributed by atoms with van der Waals surface area (Å²) >= 11 is 0. The van der Waals surface area contributed by atoms with Gasteiger partial charge in [0, 0.05) is 56.5 Å². The van der Waals surface area contributed by atoms with Crippen molar-refractivity contribution >= 4 is 17.4 Å². The number of aliphatic hydroxyl groups is 3. The number of aliphatic imine (C=N–C) groups is 1. The van der Waals surface area contributed by atoms with E-state index >= 15 is 4.79 Å². The second kappa shape index (κ2) is 23.0. The van der Waals surface area contributed by atoms with E-state index in [4.69, 9.17) is 14.2 Å². The number of ether oxygens (including phenoxy) is 3. The molecule has 5 saturated carbocycles. The van der Waals surface area contributed by atoms with Gasteiger partial charge in [0.15, 0.2) is 35.1 Å². The standard InChI is InChI=1S/C57H82N4O9/c1-5-37-15-17-42-43(13-9-26-62)45-14-7-23-57(45)41-32-47(53(67)50(33-41)70-55(36-58-2)24-21-39(34-55)31-52(66)69-28-10-27-63)61-54(59-3)60-25-8-12-40-11-6-22-56(40,51(65)20-18-46(57)44(42)29-37)35-38-16-19-48(64)49(30-38)68-4/h16,18-20,30,32-33,37,39-40,42-46,52,58,62-64,66-67H,5-7,9-15,17,21-24,26-29,31,34-36H2,1-4H3,(H2,59,60,61). The molecule has 0 radical (unpaired) electrons. The van der Waals surface area contributed by atoms with E-state index in [-0.39, 0.29) is 60.8 Å². The Morgan fingerprint density at radius 3 is 2.57 bits per heavy atom. The lowest BCUT2D eigenvalue weighted by atomic mass is 9.45. The first-order valence-electron chi connectivity index (χ1n) is 26.8. The number of allylic oxidation sites excluding steroid dienone is 2. The second-order valence-electron chi connectivity index (χ2n) is 21.9. The highest BCUT2D eigenvalue weighted by atomic mass is 16.6. The summed E-state index contributed by atoms with van der Waals surface area (Å²) in [6, 6.07) is 12.8. The third-order valence-corrected chi connectivity index (χ3v) is 18.2. The summed E-state index contributed by atoms with van der Waals surface area (Å²) in [4.78, 5) is 20.2. The van der Waals surface area contributed by atoms with Gasteiger partial charge in [-0.1, -0.05) is 50.7 Å². The lowest BCUT2D eigenvalue weighted by molar-refractivity contribution is -0.125. The van der Waals surface area contributed by atoms with E-state index in [1.54, 1.807) is 20.2 Å². The molecule has 8 N–H and O–H groups in total. The summed E-state index contributed by atoms with van der Waals surface area (Å²) in [6.07, 6.45) is 19.2. The number of phenols is 2. The van der Waals surface area contributed by atoms with Crippen molar-refractivity contribution in [2.75, 3.05) is 52.9 Å². The quantitative estimate of drug-likeness (QED) is 0.0327. The lowest BCUT2D eigenvalue weighted by Gasteiger charge is -2.59. The van der Waals surface area contributed by atoms with E-state index in [0.29, 0.717) is 91.9 Å². The highest BCUT2D eigenvalue weighted by Crippen LogP contribution is 2.67.